The van der Waals surface area contributed by atoms with Crippen molar-refractivity contribution in [3.63, 3.8) is 0 Å². The van der Waals surface area contributed by atoms with Crippen LogP contribution in [0.15, 0.2) is 12.1 Å². The fraction of sp³-hybridized carbons (Fsp3) is 0.882. The summed E-state index contributed by atoms with van der Waals surface area (Å²) < 4.78 is 0. The van der Waals surface area contributed by atoms with Crippen molar-refractivity contribution < 1.29 is 0 Å². The van der Waals surface area contributed by atoms with Crippen LogP contribution in [0.25, 0.3) is 0 Å². The molecule has 0 aliphatic carbocycles. The highest BCUT2D eigenvalue weighted by atomic mass is 32.1. The monoisotopic (exact) mass is 504 g/mol. The molecule has 0 spiro atoms. The highest BCUT2D eigenvalue weighted by molar-refractivity contribution is 7.12. The Morgan fingerprint density at radius 2 is 0.657 bits per heavy atom. The zero-order valence-corrected chi connectivity index (χ0v) is 25.5. The van der Waals surface area contributed by atoms with Crippen molar-refractivity contribution in [1.82, 2.24) is 0 Å². The molecular weight excluding hydrogens is 440 g/mol. The summed E-state index contributed by atoms with van der Waals surface area (Å²) in [5.74, 6) is 1.65. The van der Waals surface area contributed by atoms with E-state index in [0.717, 1.165) is 11.8 Å². The molecule has 1 rings (SSSR count). The van der Waals surface area contributed by atoms with Crippen molar-refractivity contribution in [2.45, 2.75) is 194 Å². The molecule has 35 heavy (non-hydrogen) atoms. The third-order valence-electron chi connectivity index (χ3n) is 8.08. The molecule has 0 saturated carbocycles. The van der Waals surface area contributed by atoms with Crippen LogP contribution >= 0.6 is 11.3 Å². The minimum Gasteiger partial charge on any atom is -0.145 e. The van der Waals surface area contributed by atoms with Gasteiger partial charge in [-0.15, -0.1) is 11.3 Å². The molecule has 0 unspecified atom stereocenters. The Labute approximate surface area is 226 Å². The zero-order valence-electron chi connectivity index (χ0n) is 24.7. The standard InChI is InChI=1S/C34H64S/c1-5-9-13-17-21-25-31(26-22-18-14-10-6-2)33-29-30-34(35-33)32(27-23-19-15-11-7-3)28-24-20-16-12-8-4/h29-32H,5-28H2,1-4H3. The molecule has 1 aromatic rings. The molecule has 0 N–H and O–H groups in total. The molecule has 0 bridgehead atoms. The van der Waals surface area contributed by atoms with E-state index in [9.17, 15) is 0 Å². The van der Waals surface area contributed by atoms with E-state index in [4.69, 9.17) is 0 Å². The fourth-order valence-corrected chi connectivity index (χ4v) is 6.99. The van der Waals surface area contributed by atoms with Crippen LogP contribution in [0.2, 0.25) is 0 Å². The van der Waals surface area contributed by atoms with Crippen LogP contribution in [-0.2, 0) is 0 Å². The summed E-state index contributed by atoms with van der Waals surface area (Å²) >= 11 is 2.22. The average Bonchev–Trinajstić information content (AvgIpc) is 3.35. The summed E-state index contributed by atoms with van der Waals surface area (Å²) in [6.07, 6.45) is 34.1. The van der Waals surface area contributed by atoms with Gasteiger partial charge in [0.15, 0.2) is 0 Å². The Morgan fingerprint density at radius 1 is 0.400 bits per heavy atom. The molecule has 0 aromatic carbocycles. The van der Waals surface area contributed by atoms with Crippen LogP contribution < -0.4 is 0 Å². The lowest BCUT2D eigenvalue weighted by atomic mass is 9.92. The van der Waals surface area contributed by atoms with E-state index < -0.39 is 0 Å². The Kier molecular flexibility index (Phi) is 22.5. The van der Waals surface area contributed by atoms with Gasteiger partial charge in [-0.2, -0.15) is 0 Å². The van der Waals surface area contributed by atoms with Crippen LogP contribution in [-0.4, -0.2) is 0 Å². The lowest BCUT2D eigenvalue weighted by Crippen LogP contribution is -1.99. The van der Waals surface area contributed by atoms with Crippen molar-refractivity contribution in [3.8, 4) is 0 Å². The van der Waals surface area contributed by atoms with Gasteiger partial charge < -0.3 is 0 Å². The predicted octanol–water partition coefficient (Wildman–Crippen LogP) is 13.4. The van der Waals surface area contributed by atoms with Gasteiger partial charge in [-0.05, 0) is 49.7 Å². The first kappa shape index (κ1) is 32.7. The van der Waals surface area contributed by atoms with Crippen LogP contribution in [0.4, 0.5) is 0 Å². The highest BCUT2D eigenvalue weighted by Gasteiger charge is 2.18. The molecule has 1 heterocycles. The number of thiophene rings is 1. The highest BCUT2D eigenvalue weighted by Crippen LogP contribution is 2.39. The maximum atomic E-state index is 2.56. The quantitative estimate of drug-likeness (QED) is 0.110. The third kappa shape index (κ3) is 16.9. The van der Waals surface area contributed by atoms with Crippen LogP contribution in [0.3, 0.4) is 0 Å². The first-order valence-electron chi connectivity index (χ1n) is 16.4. The Bertz CT molecular complexity index is 470. The number of rotatable bonds is 26. The first-order valence-corrected chi connectivity index (χ1v) is 17.2. The lowest BCUT2D eigenvalue weighted by molar-refractivity contribution is 0.494. The van der Waals surface area contributed by atoms with Crippen molar-refractivity contribution in [3.05, 3.63) is 21.9 Å². The van der Waals surface area contributed by atoms with Crippen LogP contribution in [0.5, 0.6) is 0 Å². The van der Waals surface area contributed by atoms with E-state index in [2.05, 4.69) is 51.2 Å². The van der Waals surface area contributed by atoms with E-state index in [0.29, 0.717) is 0 Å². The van der Waals surface area contributed by atoms with Gasteiger partial charge in [-0.1, -0.05) is 156 Å². The molecule has 0 aliphatic rings. The molecule has 0 fully saturated rings. The van der Waals surface area contributed by atoms with Gasteiger partial charge in [0.25, 0.3) is 0 Å². The van der Waals surface area contributed by atoms with Gasteiger partial charge in [-0.3, -0.25) is 0 Å². The second-order valence-electron chi connectivity index (χ2n) is 11.4. The number of hydrogen-bond donors (Lipinski definition) is 0. The summed E-state index contributed by atoms with van der Waals surface area (Å²) in [5, 5.41) is 0. The molecular formula is C34H64S. The van der Waals surface area contributed by atoms with Crippen molar-refractivity contribution in [2.75, 3.05) is 0 Å². The SMILES string of the molecule is CCCCCCCC(CCCCCCC)c1ccc(C(CCCCCCC)CCCCCCC)s1. The van der Waals surface area contributed by atoms with E-state index in [-0.39, 0.29) is 0 Å². The van der Waals surface area contributed by atoms with E-state index in [1.807, 2.05) is 0 Å². The summed E-state index contributed by atoms with van der Waals surface area (Å²) in [5.41, 5.74) is 0. The van der Waals surface area contributed by atoms with Gasteiger partial charge >= 0.3 is 0 Å². The van der Waals surface area contributed by atoms with Crippen molar-refractivity contribution >= 4 is 11.3 Å². The maximum Gasteiger partial charge on any atom is 0.00792 e. The average molecular weight is 505 g/mol. The molecule has 0 aliphatic heterocycles. The van der Waals surface area contributed by atoms with Crippen molar-refractivity contribution in [1.29, 1.82) is 0 Å². The van der Waals surface area contributed by atoms with E-state index in [1.54, 1.807) is 9.75 Å². The van der Waals surface area contributed by atoms with Gasteiger partial charge in [0.05, 0.1) is 0 Å². The van der Waals surface area contributed by atoms with Crippen LogP contribution in [0.1, 0.15) is 203 Å². The predicted molar refractivity (Wildman–Crippen MR) is 163 cm³/mol. The third-order valence-corrected chi connectivity index (χ3v) is 9.49. The largest absolute Gasteiger partial charge is 0.145 e. The minimum atomic E-state index is 0.826. The molecule has 206 valence electrons. The Balaban J connectivity index is 2.72. The zero-order chi connectivity index (χ0) is 25.4. The van der Waals surface area contributed by atoms with E-state index >= 15 is 0 Å². The first-order chi connectivity index (χ1) is 17.3. The van der Waals surface area contributed by atoms with Gasteiger partial charge in [0.1, 0.15) is 0 Å². The van der Waals surface area contributed by atoms with E-state index in [1.165, 1.54) is 154 Å². The number of unbranched alkanes of at least 4 members (excludes halogenated alkanes) is 16. The summed E-state index contributed by atoms with van der Waals surface area (Å²) in [6, 6.07) is 5.12. The molecule has 1 heteroatoms. The second-order valence-corrected chi connectivity index (χ2v) is 12.6. The molecule has 0 saturated heterocycles. The van der Waals surface area contributed by atoms with Crippen LogP contribution in [0, 0.1) is 0 Å². The summed E-state index contributed by atoms with van der Waals surface area (Å²) in [6.45, 7) is 9.32. The normalized spacial score (nSPS) is 11.8. The topological polar surface area (TPSA) is 0 Å². The lowest BCUT2D eigenvalue weighted by Gasteiger charge is -2.17. The smallest absolute Gasteiger partial charge is 0.00792 e. The van der Waals surface area contributed by atoms with Gasteiger partial charge in [0, 0.05) is 9.75 Å². The molecule has 0 amide bonds. The minimum absolute atomic E-state index is 0.826. The Morgan fingerprint density at radius 3 is 0.914 bits per heavy atom. The molecule has 0 nitrogen and oxygen atoms in total. The van der Waals surface area contributed by atoms with Gasteiger partial charge in [-0.25, -0.2) is 0 Å². The van der Waals surface area contributed by atoms with Crippen molar-refractivity contribution in [2.24, 2.45) is 0 Å². The summed E-state index contributed by atoms with van der Waals surface area (Å²) in [4.78, 5) is 3.46. The molecule has 0 atom stereocenters. The maximum absolute atomic E-state index is 2.56. The second kappa shape index (κ2) is 24.1. The molecule has 0 radical (unpaired) electrons. The number of hydrogen-bond acceptors (Lipinski definition) is 1. The van der Waals surface area contributed by atoms with Gasteiger partial charge in [0.2, 0.25) is 0 Å². The Hall–Kier alpha value is -0.300. The fourth-order valence-electron chi connectivity index (χ4n) is 5.64. The summed E-state index contributed by atoms with van der Waals surface area (Å²) in [7, 11) is 0. The molecule has 1 aromatic heterocycles.